The van der Waals surface area contributed by atoms with Crippen molar-refractivity contribution in [3.63, 3.8) is 0 Å². The summed E-state index contributed by atoms with van der Waals surface area (Å²) < 4.78 is 1.95. The summed E-state index contributed by atoms with van der Waals surface area (Å²) in [5, 5.41) is 9.35. The Balaban J connectivity index is 1.59. The van der Waals surface area contributed by atoms with Crippen LogP contribution < -0.4 is 0 Å². The van der Waals surface area contributed by atoms with Crippen LogP contribution in [0.2, 0.25) is 5.02 Å². The molecule has 31 heavy (non-hydrogen) atoms. The second-order valence-corrected chi connectivity index (χ2v) is 9.21. The van der Waals surface area contributed by atoms with Crippen molar-refractivity contribution in [2.24, 2.45) is 0 Å². The standard InChI is InChI=1S/C23H23ClN4O2S/c1-15-6-12-19(13-7-15)28-16(2)25-26-23(28)31-20-5-3-4-14-27(22(20)30)21(29)17-8-10-18(24)11-9-17/h6-13,20H,3-5,14H2,1-2H3. The van der Waals surface area contributed by atoms with Crippen molar-refractivity contribution in [2.45, 2.75) is 43.5 Å². The normalized spacial score (nSPS) is 16.9. The zero-order valence-corrected chi connectivity index (χ0v) is 19.0. The van der Waals surface area contributed by atoms with Gasteiger partial charge >= 0.3 is 0 Å². The summed E-state index contributed by atoms with van der Waals surface area (Å²) in [5.41, 5.74) is 2.58. The molecule has 0 saturated carbocycles. The molecule has 3 aromatic rings. The third-order valence-corrected chi connectivity index (χ3v) is 6.76. The zero-order valence-electron chi connectivity index (χ0n) is 17.4. The zero-order chi connectivity index (χ0) is 22.0. The van der Waals surface area contributed by atoms with Crippen LogP contribution in [0.3, 0.4) is 0 Å². The lowest BCUT2D eigenvalue weighted by molar-refractivity contribution is -0.127. The summed E-state index contributed by atoms with van der Waals surface area (Å²) in [7, 11) is 0. The molecular formula is C23H23ClN4O2S. The first kappa shape index (κ1) is 21.6. The SMILES string of the molecule is Cc1ccc(-n2c(C)nnc2SC2CCCCN(C(=O)c3ccc(Cl)cc3)C2=O)cc1. The molecule has 0 radical (unpaired) electrons. The van der Waals surface area contributed by atoms with Gasteiger partial charge in [0.25, 0.3) is 5.91 Å². The Morgan fingerprint density at radius 2 is 1.74 bits per heavy atom. The number of likely N-dealkylation sites (tertiary alicyclic amines) is 1. The molecule has 1 aliphatic heterocycles. The van der Waals surface area contributed by atoms with Crippen molar-refractivity contribution in [2.75, 3.05) is 6.54 Å². The molecule has 4 rings (SSSR count). The first-order chi connectivity index (χ1) is 14.9. The second-order valence-electron chi connectivity index (χ2n) is 7.60. The second kappa shape index (κ2) is 9.24. The van der Waals surface area contributed by atoms with Gasteiger partial charge in [0.1, 0.15) is 5.82 Å². The van der Waals surface area contributed by atoms with Crippen LogP contribution in [-0.2, 0) is 4.79 Å². The predicted octanol–water partition coefficient (Wildman–Crippen LogP) is 4.85. The summed E-state index contributed by atoms with van der Waals surface area (Å²) in [5.74, 6) is 0.283. The maximum atomic E-state index is 13.3. The largest absolute Gasteiger partial charge is 0.278 e. The highest BCUT2D eigenvalue weighted by Gasteiger charge is 2.33. The number of carbonyl (C=O) groups excluding carboxylic acids is 2. The van der Waals surface area contributed by atoms with E-state index in [-0.39, 0.29) is 11.8 Å². The van der Waals surface area contributed by atoms with Gasteiger partial charge in [-0.2, -0.15) is 0 Å². The number of aryl methyl sites for hydroxylation is 2. The Kier molecular flexibility index (Phi) is 6.43. The van der Waals surface area contributed by atoms with Gasteiger partial charge in [-0.25, -0.2) is 0 Å². The quantitative estimate of drug-likeness (QED) is 0.527. The molecule has 2 heterocycles. The Morgan fingerprint density at radius 1 is 1.03 bits per heavy atom. The molecule has 1 aliphatic rings. The summed E-state index contributed by atoms with van der Waals surface area (Å²) in [6, 6.07) is 14.7. The molecule has 0 spiro atoms. The van der Waals surface area contributed by atoms with Crippen LogP contribution in [0.4, 0.5) is 0 Å². The number of benzene rings is 2. The van der Waals surface area contributed by atoms with Crippen LogP contribution in [0.5, 0.6) is 0 Å². The van der Waals surface area contributed by atoms with Gasteiger partial charge < -0.3 is 0 Å². The van der Waals surface area contributed by atoms with Crippen molar-refractivity contribution in [3.05, 3.63) is 70.5 Å². The van der Waals surface area contributed by atoms with Crippen LogP contribution in [0.15, 0.2) is 53.7 Å². The van der Waals surface area contributed by atoms with E-state index in [0.29, 0.717) is 28.7 Å². The minimum absolute atomic E-state index is 0.182. The number of thioether (sulfide) groups is 1. The van der Waals surface area contributed by atoms with Crippen LogP contribution >= 0.6 is 23.4 Å². The molecule has 1 atom stereocenters. The monoisotopic (exact) mass is 454 g/mol. The number of halogens is 1. The average molecular weight is 455 g/mol. The van der Waals surface area contributed by atoms with E-state index in [2.05, 4.69) is 10.2 Å². The molecule has 1 fully saturated rings. The van der Waals surface area contributed by atoms with E-state index in [4.69, 9.17) is 11.6 Å². The van der Waals surface area contributed by atoms with Crippen molar-refractivity contribution >= 4 is 35.2 Å². The molecule has 0 bridgehead atoms. The first-order valence-electron chi connectivity index (χ1n) is 10.2. The van der Waals surface area contributed by atoms with E-state index >= 15 is 0 Å². The fourth-order valence-electron chi connectivity index (χ4n) is 3.60. The third-order valence-electron chi connectivity index (χ3n) is 5.31. The van der Waals surface area contributed by atoms with E-state index in [1.807, 2.05) is 42.7 Å². The van der Waals surface area contributed by atoms with Crippen LogP contribution in [0.1, 0.15) is 41.0 Å². The van der Waals surface area contributed by atoms with Crippen molar-refractivity contribution < 1.29 is 9.59 Å². The Labute approximate surface area is 190 Å². The topological polar surface area (TPSA) is 68.1 Å². The first-order valence-corrected chi connectivity index (χ1v) is 11.5. The Bertz CT molecular complexity index is 1100. The number of aromatic nitrogens is 3. The molecule has 0 aliphatic carbocycles. The minimum atomic E-state index is -0.397. The predicted molar refractivity (Wildman–Crippen MR) is 122 cm³/mol. The molecule has 160 valence electrons. The van der Waals surface area contributed by atoms with Gasteiger partial charge in [0.2, 0.25) is 5.91 Å². The van der Waals surface area contributed by atoms with Gasteiger partial charge in [0.05, 0.1) is 5.25 Å². The summed E-state index contributed by atoms with van der Waals surface area (Å²) in [4.78, 5) is 27.7. The molecule has 0 N–H and O–H groups in total. The highest BCUT2D eigenvalue weighted by atomic mass is 35.5. The van der Waals surface area contributed by atoms with Gasteiger partial charge in [0.15, 0.2) is 5.16 Å². The smallest absolute Gasteiger partial charge is 0.260 e. The molecular weight excluding hydrogens is 432 g/mol. The number of nitrogens with zero attached hydrogens (tertiary/aromatic N) is 4. The maximum absolute atomic E-state index is 13.3. The minimum Gasteiger partial charge on any atom is -0.278 e. The number of hydrogen-bond donors (Lipinski definition) is 0. The molecule has 2 aromatic carbocycles. The van der Waals surface area contributed by atoms with Gasteiger partial charge in [-0.1, -0.05) is 47.5 Å². The number of imide groups is 1. The summed E-state index contributed by atoms with van der Waals surface area (Å²) in [6.45, 7) is 4.35. The number of amides is 2. The number of rotatable bonds is 4. The van der Waals surface area contributed by atoms with Gasteiger partial charge in [-0.15, -0.1) is 10.2 Å². The highest BCUT2D eigenvalue weighted by molar-refractivity contribution is 8.00. The Hall–Kier alpha value is -2.64. The molecule has 2 amide bonds. The fourth-order valence-corrected chi connectivity index (χ4v) is 4.93. The average Bonchev–Trinajstić information content (AvgIpc) is 3.02. The molecule has 1 unspecified atom stereocenters. The van der Waals surface area contributed by atoms with E-state index in [1.54, 1.807) is 24.3 Å². The molecule has 8 heteroatoms. The summed E-state index contributed by atoms with van der Waals surface area (Å²) in [6.07, 6.45) is 2.34. The van der Waals surface area contributed by atoms with Crippen molar-refractivity contribution in [1.29, 1.82) is 0 Å². The maximum Gasteiger partial charge on any atom is 0.260 e. The molecule has 6 nitrogen and oxygen atoms in total. The van der Waals surface area contributed by atoms with Crippen LogP contribution in [0, 0.1) is 13.8 Å². The highest BCUT2D eigenvalue weighted by Crippen LogP contribution is 2.31. The van der Waals surface area contributed by atoms with E-state index < -0.39 is 5.25 Å². The van der Waals surface area contributed by atoms with Crippen LogP contribution in [-0.4, -0.2) is 43.3 Å². The Morgan fingerprint density at radius 3 is 2.45 bits per heavy atom. The van der Waals surface area contributed by atoms with E-state index in [1.165, 1.54) is 22.2 Å². The molecule has 1 aromatic heterocycles. The van der Waals surface area contributed by atoms with Crippen molar-refractivity contribution in [3.8, 4) is 5.69 Å². The van der Waals surface area contributed by atoms with Gasteiger partial charge in [0, 0.05) is 22.8 Å². The fraction of sp³-hybridized carbons (Fsp3) is 0.304. The lowest BCUT2D eigenvalue weighted by Crippen LogP contribution is -2.41. The van der Waals surface area contributed by atoms with E-state index in [9.17, 15) is 9.59 Å². The van der Waals surface area contributed by atoms with Gasteiger partial charge in [-0.3, -0.25) is 19.1 Å². The van der Waals surface area contributed by atoms with E-state index in [0.717, 1.165) is 24.4 Å². The molecule has 1 saturated heterocycles. The number of hydrogen-bond acceptors (Lipinski definition) is 5. The lowest BCUT2D eigenvalue weighted by atomic mass is 10.2. The number of carbonyl (C=O) groups is 2. The lowest BCUT2D eigenvalue weighted by Gasteiger charge is -2.22. The third kappa shape index (κ3) is 4.67. The summed E-state index contributed by atoms with van der Waals surface area (Å²) >= 11 is 7.31. The van der Waals surface area contributed by atoms with Gasteiger partial charge in [-0.05, 0) is 63.1 Å². The van der Waals surface area contributed by atoms with Crippen molar-refractivity contribution in [1.82, 2.24) is 19.7 Å². The van der Waals surface area contributed by atoms with Crippen LogP contribution in [0.25, 0.3) is 5.69 Å².